The third-order valence-electron chi connectivity index (χ3n) is 4.69. The molecule has 0 aliphatic heterocycles. The molecule has 3 aromatic carbocycles. The van der Waals surface area contributed by atoms with Gasteiger partial charge in [-0.15, -0.1) is 0 Å². The third-order valence-corrected chi connectivity index (χ3v) is 6.17. The molecule has 0 aromatic heterocycles. The number of hydrogen-bond acceptors (Lipinski definition) is 3. The lowest BCUT2D eigenvalue weighted by molar-refractivity contribution is 0.269. The molecule has 0 aliphatic carbocycles. The smallest absolute Gasteiger partial charge is 0.162 e. The summed E-state index contributed by atoms with van der Waals surface area (Å²) in [5.74, 6) is 1.39. The summed E-state index contributed by atoms with van der Waals surface area (Å²) in [5, 5.41) is 4.60. The Hall–Kier alpha value is -1.72. The quantitative estimate of drug-likeness (QED) is 0.323. The van der Waals surface area contributed by atoms with E-state index in [1.165, 1.54) is 5.56 Å². The summed E-state index contributed by atoms with van der Waals surface area (Å²) in [4.78, 5) is 0. The number of ether oxygens (including phenoxy) is 2. The maximum Gasteiger partial charge on any atom is 0.162 e. The standard InChI is InChI=1S/C24H24BrCl2NO2/c1-3-29-23-12-19(14-28-16(2)18-7-5-4-6-8-18)20(25)13-24(23)30-15-17-9-10-21(26)22(27)11-17/h4-13,16,28H,3,14-15H2,1-2H3. The van der Waals surface area contributed by atoms with Crippen LogP contribution in [0.2, 0.25) is 10.0 Å². The van der Waals surface area contributed by atoms with E-state index in [1.54, 1.807) is 6.07 Å². The van der Waals surface area contributed by atoms with E-state index in [0.717, 1.165) is 15.6 Å². The van der Waals surface area contributed by atoms with Crippen LogP contribution in [0.25, 0.3) is 0 Å². The van der Waals surface area contributed by atoms with E-state index in [9.17, 15) is 0 Å². The van der Waals surface area contributed by atoms with Gasteiger partial charge >= 0.3 is 0 Å². The Kier molecular flexibility index (Phi) is 8.46. The molecule has 0 heterocycles. The zero-order valence-electron chi connectivity index (χ0n) is 16.9. The zero-order chi connectivity index (χ0) is 21.5. The summed E-state index contributed by atoms with van der Waals surface area (Å²) in [5.41, 5.74) is 3.29. The van der Waals surface area contributed by atoms with E-state index in [2.05, 4.69) is 52.4 Å². The molecule has 3 nitrogen and oxygen atoms in total. The minimum Gasteiger partial charge on any atom is -0.490 e. The van der Waals surface area contributed by atoms with E-state index in [1.807, 2.05) is 37.3 Å². The van der Waals surface area contributed by atoms with Crippen molar-refractivity contribution in [3.8, 4) is 11.5 Å². The topological polar surface area (TPSA) is 30.5 Å². The van der Waals surface area contributed by atoms with Gasteiger partial charge in [0, 0.05) is 17.1 Å². The van der Waals surface area contributed by atoms with Gasteiger partial charge < -0.3 is 14.8 Å². The maximum atomic E-state index is 6.10. The van der Waals surface area contributed by atoms with Crippen molar-refractivity contribution in [2.24, 2.45) is 0 Å². The van der Waals surface area contributed by atoms with Crippen molar-refractivity contribution in [1.82, 2.24) is 5.32 Å². The van der Waals surface area contributed by atoms with Crippen LogP contribution in [0.1, 0.15) is 36.6 Å². The zero-order valence-corrected chi connectivity index (χ0v) is 20.0. The average Bonchev–Trinajstić information content (AvgIpc) is 2.75. The van der Waals surface area contributed by atoms with Crippen molar-refractivity contribution in [2.45, 2.75) is 33.0 Å². The molecule has 158 valence electrons. The monoisotopic (exact) mass is 507 g/mol. The Bertz CT molecular complexity index is 982. The Morgan fingerprint density at radius 2 is 1.67 bits per heavy atom. The van der Waals surface area contributed by atoms with Crippen LogP contribution in [0.3, 0.4) is 0 Å². The third kappa shape index (κ3) is 6.14. The maximum absolute atomic E-state index is 6.10. The van der Waals surface area contributed by atoms with Crippen LogP contribution in [0, 0.1) is 0 Å². The molecule has 3 aromatic rings. The van der Waals surface area contributed by atoms with Crippen LogP contribution in [-0.2, 0) is 13.2 Å². The molecule has 0 aliphatic rings. The summed E-state index contributed by atoms with van der Waals surface area (Å²) in [6.07, 6.45) is 0. The number of benzene rings is 3. The molecule has 1 unspecified atom stereocenters. The van der Waals surface area contributed by atoms with E-state index < -0.39 is 0 Å². The van der Waals surface area contributed by atoms with Gasteiger partial charge in [0.1, 0.15) is 6.61 Å². The van der Waals surface area contributed by atoms with Gasteiger partial charge in [0.05, 0.1) is 16.7 Å². The predicted octanol–water partition coefficient (Wildman–Crippen LogP) is 7.58. The van der Waals surface area contributed by atoms with Crippen molar-refractivity contribution >= 4 is 39.1 Å². The van der Waals surface area contributed by atoms with Crippen molar-refractivity contribution in [1.29, 1.82) is 0 Å². The molecular formula is C24H24BrCl2NO2. The number of rotatable bonds is 9. The minimum absolute atomic E-state index is 0.235. The highest BCUT2D eigenvalue weighted by Crippen LogP contribution is 2.35. The van der Waals surface area contributed by atoms with Crippen LogP contribution < -0.4 is 14.8 Å². The number of hydrogen-bond donors (Lipinski definition) is 1. The van der Waals surface area contributed by atoms with Gasteiger partial charge in [0.2, 0.25) is 0 Å². The molecule has 3 rings (SSSR count). The molecule has 0 amide bonds. The first kappa shape index (κ1) is 23.0. The molecule has 0 saturated carbocycles. The molecule has 1 N–H and O–H groups in total. The number of halogens is 3. The van der Waals surface area contributed by atoms with Gasteiger partial charge in [0.25, 0.3) is 0 Å². The van der Waals surface area contributed by atoms with Crippen molar-refractivity contribution < 1.29 is 9.47 Å². The fraction of sp³-hybridized carbons (Fsp3) is 0.250. The second kappa shape index (κ2) is 11.1. The van der Waals surface area contributed by atoms with E-state index in [0.29, 0.717) is 41.3 Å². The van der Waals surface area contributed by atoms with Crippen LogP contribution in [0.15, 0.2) is 65.1 Å². The van der Waals surface area contributed by atoms with Gasteiger partial charge in [-0.2, -0.15) is 0 Å². The summed E-state index contributed by atoms with van der Waals surface area (Å²) >= 11 is 15.8. The first-order chi connectivity index (χ1) is 14.5. The van der Waals surface area contributed by atoms with Gasteiger partial charge in [0.15, 0.2) is 11.5 Å². The van der Waals surface area contributed by atoms with Gasteiger partial charge in [-0.05, 0) is 54.8 Å². The van der Waals surface area contributed by atoms with Crippen LogP contribution >= 0.6 is 39.1 Å². The Morgan fingerprint density at radius 3 is 2.37 bits per heavy atom. The van der Waals surface area contributed by atoms with Crippen LogP contribution in [0.5, 0.6) is 11.5 Å². The molecular weight excluding hydrogens is 485 g/mol. The second-order valence-electron chi connectivity index (χ2n) is 6.87. The largest absolute Gasteiger partial charge is 0.490 e. The Labute approximate surface area is 196 Å². The van der Waals surface area contributed by atoms with Crippen LogP contribution in [0.4, 0.5) is 0 Å². The van der Waals surface area contributed by atoms with Crippen molar-refractivity contribution in [3.63, 3.8) is 0 Å². The predicted molar refractivity (Wildman–Crippen MR) is 128 cm³/mol. The SMILES string of the molecule is CCOc1cc(CNC(C)c2ccccc2)c(Br)cc1OCc1ccc(Cl)c(Cl)c1. The van der Waals surface area contributed by atoms with Gasteiger partial charge in [-0.25, -0.2) is 0 Å². The first-order valence-corrected chi connectivity index (χ1v) is 11.3. The fourth-order valence-corrected chi connectivity index (χ4v) is 3.79. The molecule has 0 radical (unpaired) electrons. The Balaban J connectivity index is 1.72. The molecule has 30 heavy (non-hydrogen) atoms. The van der Waals surface area contributed by atoms with E-state index in [4.69, 9.17) is 32.7 Å². The highest BCUT2D eigenvalue weighted by molar-refractivity contribution is 9.10. The highest BCUT2D eigenvalue weighted by Gasteiger charge is 2.13. The molecule has 0 bridgehead atoms. The lowest BCUT2D eigenvalue weighted by Gasteiger charge is -2.18. The summed E-state index contributed by atoms with van der Waals surface area (Å²) in [6.45, 7) is 5.73. The van der Waals surface area contributed by atoms with Crippen LogP contribution in [-0.4, -0.2) is 6.61 Å². The lowest BCUT2D eigenvalue weighted by atomic mass is 10.1. The molecule has 6 heteroatoms. The Morgan fingerprint density at radius 1 is 0.933 bits per heavy atom. The lowest BCUT2D eigenvalue weighted by Crippen LogP contribution is -2.18. The summed E-state index contributed by atoms with van der Waals surface area (Å²) in [6, 6.07) is 20.1. The number of nitrogens with one attached hydrogen (secondary N) is 1. The minimum atomic E-state index is 0.235. The molecule has 0 saturated heterocycles. The molecule has 0 fully saturated rings. The fourth-order valence-electron chi connectivity index (χ4n) is 3.01. The summed E-state index contributed by atoms with van der Waals surface area (Å²) in [7, 11) is 0. The average molecular weight is 509 g/mol. The van der Waals surface area contributed by atoms with Crippen molar-refractivity contribution in [3.05, 3.63) is 91.9 Å². The van der Waals surface area contributed by atoms with Gasteiger partial charge in [-0.3, -0.25) is 0 Å². The molecule has 0 spiro atoms. The normalized spacial score (nSPS) is 11.9. The first-order valence-electron chi connectivity index (χ1n) is 9.78. The van der Waals surface area contributed by atoms with E-state index >= 15 is 0 Å². The van der Waals surface area contributed by atoms with E-state index in [-0.39, 0.29) is 6.04 Å². The second-order valence-corrected chi connectivity index (χ2v) is 8.54. The van der Waals surface area contributed by atoms with Crippen molar-refractivity contribution in [2.75, 3.05) is 6.61 Å². The highest BCUT2D eigenvalue weighted by atomic mass is 79.9. The molecule has 1 atom stereocenters. The summed E-state index contributed by atoms with van der Waals surface area (Å²) < 4.78 is 12.8. The van der Waals surface area contributed by atoms with Gasteiger partial charge in [-0.1, -0.05) is 75.5 Å².